The summed E-state index contributed by atoms with van der Waals surface area (Å²) in [7, 11) is 0. The summed E-state index contributed by atoms with van der Waals surface area (Å²) >= 11 is 5.86. The zero-order chi connectivity index (χ0) is 12.3. The van der Waals surface area contributed by atoms with Gasteiger partial charge in [0.1, 0.15) is 5.75 Å². The molecule has 2 N–H and O–H groups in total. The first-order chi connectivity index (χ1) is 8.19. The molecule has 88 valence electrons. The third kappa shape index (κ3) is 2.93. The molecule has 1 aromatic heterocycles. The number of rotatable bonds is 3. The highest BCUT2D eigenvalue weighted by molar-refractivity contribution is 6.30. The molecule has 2 rings (SSSR count). The lowest BCUT2D eigenvalue weighted by molar-refractivity contribution is 0.450. The molecule has 0 atom stereocenters. The van der Waals surface area contributed by atoms with E-state index in [1.165, 1.54) is 0 Å². The van der Waals surface area contributed by atoms with Crippen molar-refractivity contribution in [2.75, 3.05) is 0 Å². The van der Waals surface area contributed by atoms with Gasteiger partial charge in [-0.3, -0.25) is 0 Å². The maximum atomic E-state index is 5.86. The van der Waals surface area contributed by atoms with E-state index in [4.69, 9.17) is 22.1 Å². The molecule has 17 heavy (non-hydrogen) atoms. The highest BCUT2D eigenvalue weighted by Crippen LogP contribution is 2.25. The van der Waals surface area contributed by atoms with Crippen molar-refractivity contribution in [3.63, 3.8) is 0 Å². The smallest absolute Gasteiger partial charge is 0.238 e. The molecule has 2 aromatic rings. The standard InChI is InChI=1S/C12H12ClN3O/c1-8-6-9(13)2-4-11(8)17-12-5-3-10(7-14)15-16-12/h2-6H,7,14H2,1H3. The Kier molecular flexibility index (Phi) is 3.56. The molecule has 0 bridgehead atoms. The minimum absolute atomic E-state index is 0.368. The number of benzene rings is 1. The van der Waals surface area contributed by atoms with Gasteiger partial charge in [0.15, 0.2) is 0 Å². The molecule has 5 heteroatoms. The minimum Gasteiger partial charge on any atom is -0.437 e. The van der Waals surface area contributed by atoms with Crippen LogP contribution in [0.3, 0.4) is 0 Å². The minimum atomic E-state index is 0.368. The zero-order valence-corrected chi connectivity index (χ0v) is 10.1. The van der Waals surface area contributed by atoms with Crippen LogP contribution in [0.4, 0.5) is 0 Å². The van der Waals surface area contributed by atoms with E-state index in [1.54, 1.807) is 24.3 Å². The number of hydrogen-bond donors (Lipinski definition) is 1. The molecule has 4 nitrogen and oxygen atoms in total. The van der Waals surface area contributed by atoms with Crippen molar-refractivity contribution in [2.24, 2.45) is 5.73 Å². The number of halogens is 1. The van der Waals surface area contributed by atoms with E-state index in [1.807, 2.05) is 13.0 Å². The molecule has 0 spiro atoms. The molecule has 0 aliphatic heterocycles. The van der Waals surface area contributed by atoms with Gasteiger partial charge in [0.05, 0.1) is 5.69 Å². The van der Waals surface area contributed by atoms with Crippen LogP contribution in [0.1, 0.15) is 11.3 Å². The van der Waals surface area contributed by atoms with Crippen molar-refractivity contribution < 1.29 is 4.74 Å². The second-order valence-corrected chi connectivity index (χ2v) is 4.02. The average molecular weight is 250 g/mol. The van der Waals surface area contributed by atoms with E-state index < -0.39 is 0 Å². The van der Waals surface area contributed by atoms with Crippen LogP contribution in [0.2, 0.25) is 5.02 Å². The van der Waals surface area contributed by atoms with Crippen molar-refractivity contribution in [3.05, 3.63) is 46.6 Å². The molecule has 0 radical (unpaired) electrons. The quantitative estimate of drug-likeness (QED) is 0.909. The van der Waals surface area contributed by atoms with Crippen molar-refractivity contribution >= 4 is 11.6 Å². The Morgan fingerprint density at radius 3 is 2.65 bits per heavy atom. The van der Waals surface area contributed by atoms with Crippen LogP contribution in [-0.4, -0.2) is 10.2 Å². The van der Waals surface area contributed by atoms with E-state index in [-0.39, 0.29) is 0 Å². The van der Waals surface area contributed by atoms with Crippen LogP contribution in [0, 0.1) is 6.92 Å². The van der Waals surface area contributed by atoms with Gasteiger partial charge in [-0.2, -0.15) is 5.10 Å². The molecular weight excluding hydrogens is 238 g/mol. The highest BCUT2D eigenvalue weighted by atomic mass is 35.5. The summed E-state index contributed by atoms with van der Waals surface area (Å²) in [6.45, 7) is 2.29. The Morgan fingerprint density at radius 1 is 1.24 bits per heavy atom. The lowest BCUT2D eigenvalue weighted by Crippen LogP contribution is -2.01. The van der Waals surface area contributed by atoms with Gasteiger partial charge in [-0.05, 0) is 36.8 Å². The van der Waals surface area contributed by atoms with Crippen molar-refractivity contribution in [3.8, 4) is 11.6 Å². The molecule has 0 fully saturated rings. The zero-order valence-electron chi connectivity index (χ0n) is 9.35. The summed E-state index contributed by atoms with van der Waals surface area (Å²) in [6.07, 6.45) is 0. The van der Waals surface area contributed by atoms with E-state index in [0.29, 0.717) is 23.2 Å². The monoisotopic (exact) mass is 249 g/mol. The number of nitrogens with zero attached hydrogens (tertiary/aromatic N) is 2. The van der Waals surface area contributed by atoms with E-state index in [2.05, 4.69) is 10.2 Å². The summed E-state index contributed by atoms with van der Waals surface area (Å²) in [6, 6.07) is 8.93. The first-order valence-electron chi connectivity index (χ1n) is 5.15. The normalized spacial score (nSPS) is 10.3. The first-order valence-corrected chi connectivity index (χ1v) is 5.53. The van der Waals surface area contributed by atoms with Crippen LogP contribution >= 0.6 is 11.6 Å². The number of aromatic nitrogens is 2. The Bertz CT molecular complexity index is 514. The molecule has 0 aliphatic carbocycles. The average Bonchev–Trinajstić information content (AvgIpc) is 2.34. The Hall–Kier alpha value is -1.65. The van der Waals surface area contributed by atoms with E-state index >= 15 is 0 Å². The fourth-order valence-electron chi connectivity index (χ4n) is 1.35. The predicted molar refractivity (Wildman–Crippen MR) is 66.2 cm³/mol. The van der Waals surface area contributed by atoms with Crippen molar-refractivity contribution in [1.29, 1.82) is 0 Å². The summed E-state index contributed by atoms with van der Waals surface area (Å²) in [5.74, 6) is 1.15. The summed E-state index contributed by atoms with van der Waals surface area (Å²) < 4.78 is 5.59. The van der Waals surface area contributed by atoms with Crippen LogP contribution in [0.15, 0.2) is 30.3 Å². The Morgan fingerprint density at radius 2 is 2.06 bits per heavy atom. The van der Waals surface area contributed by atoms with Crippen molar-refractivity contribution in [1.82, 2.24) is 10.2 Å². The van der Waals surface area contributed by atoms with Crippen molar-refractivity contribution in [2.45, 2.75) is 13.5 Å². The lowest BCUT2D eigenvalue weighted by Gasteiger charge is -2.07. The maximum absolute atomic E-state index is 5.86. The SMILES string of the molecule is Cc1cc(Cl)ccc1Oc1ccc(CN)nn1. The first kappa shape index (κ1) is 11.8. The number of aryl methyl sites for hydroxylation is 1. The van der Waals surface area contributed by atoms with E-state index in [9.17, 15) is 0 Å². The maximum Gasteiger partial charge on any atom is 0.238 e. The van der Waals surface area contributed by atoms with Crippen LogP contribution in [0.25, 0.3) is 0 Å². The Balaban J connectivity index is 2.19. The molecule has 0 saturated heterocycles. The summed E-state index contributed by atoms with van der Waals surface area (Å²) in [5, 5.41) is 8.52. The molecule has 1 aromatic carbocycles. The second kappa shape index (κ2) is 5.12. The van der Waals surface area contributed by atoms with Gasteiger partial charge < -0.3 is 10.5 Å². The fraction of sp³-hybridized carbons (Fsp3) is 0.167. The largest absolute Gasteiger partial charge is 0.437 e. The van der Waals surface area contributed by atoms with Gasteiger partial charge in [0.25, 0.3) is 0 Å². The fourth-order valence-corrected chi connectivity index (χ4v) is 1.58. The van der Waals surface area contributed by atoms with Crippen LogP contribution in [0.5, 0.6) is 11.6 Å². The molecular formula is C12H12ClN3O. The van der Waals surface area contributed by atoms with Gasteiger partial charge in [0, 0.05) is 17.6 Å². The molecule has 0 saturated carbocycles. The lowest BCUT2D eigenvalue weighted by atomic mass is 10.2. The number of nitrogens with two attached hydrogens (primary N) is 1. The molecule has 0 unspecified atom stereocenters. The van der Waals surface area contributed by atoms with Gasteiger partial charge in [-0.1, -0.05) is 11.6 Å². The third-order valence-corrected chi connectivity index (χ3v) is 2.49. The summed E-state index contributed by atoms with van der Waals surface area (Å²) in [5.41, 5.74) is 7.11. The highest BCUT2D eigenvalue weighted by Gasteiger charge is 2.03. The summed E-state index contributed by atoms with van der Waals surface area (Å²) in [4.78, 5) is 0. The number of ether oxygens (including phenoxy) is 1. The molecule has 0 aliphatic rings. The van der Waals surface area contributed by atoms with Gasteiger partial charge >= 0.3 is 0 Å². The second-order valence-electron chi connectivity index (χ2n) is 3.58. The van der Waals surface area contributed by atoms with E-state index in [0.717, 1.165) is 11.3 Å². The van der Waals surface area contributed by atoms with Gasteiger partial charge in [0.2, 0.25) is 5.88 Å². The van der Waals surface area contributed by atoms with Crippen LogP contribution < -0.4 is 10.5 Å². The predicted octanol–water partition coefficient (Wildman–Crippen LogP) is 2.69. The molecule has 1 heterocycles. The molecule has 0 amide bonds. The van der Waals surface area contributed by atoms with Crippen LogP contribution in [-0.2, 0) is 6.54 Å². The van der Waals surface area contributed by atoms with Gasteiger partial charge in [-0.25, -0.2) is 0 Å². The third-order valence-electron chi connectivity index (χ3n) is 2.26. The van der Waals surface area contributed by atoms with Gasteiger partial charge in [-0.15, -0.1) is 5.10 Å². The Labute approximate surface area is 104 Å². The topological polar surface area (TPSA) is 61.0 Å². The number of hydrogen-bond acceptors (Lipinski definition) is 4.